The second-order valence-electron chi connectivity index (χ2n) is 14.8. The van der Waals surface area contributed by atoms with Crippen LogP contribution in [-0.4, -0.2) is 40.1 Å². The minimum absolute atomic E-state index is 0.0352. The highest BCUT2D eigenvalue weighted by Crippen LogP contribution is 2.36. The van der Waals surface area contributed by atoms with Gasteiger partial charge in [0.2, 0.25) is 0 Å². The zero-order chi connectivity index (χ0) is 35.6. The molecule has 0 amide bonds. The van der Waals surface area contributed by atoms with Crippen LogP contribution in [-0.2, 0) is 23.8 Å². The molecule has 0 saturated heterocycles. The number of hydrogen-bond donors (Lipinski definition) is 5. The van der Waals surface area contributed by atoms with E-state index in [-0.39, 0.29) is 22.5 Å². The van der Waals surface area contributed by atoms with Gasteiger partial charge in [-0.15, -0.1) is 0 Å². The van der Waals surface area contributed by atoms with Crippen molar-refractivity contribution in [1.82, 2.24) is 19.9 Å². The van der Waals surface area contributed by atoms with Crippen LogP contribution in [0.25, 0.3) is 16.7 Å². The standard InChI is InChI=1S/C21H29N7O.C17H28ClN/c1-21(2,3)17-11-15-13-28(20(29)27-18(15)26-17)16-7-5-14(6-8-16)12-24-9-4-10-25-19(22)23;1-12(2)14-10-13(8-6-7-9-19)11-15(16(14)18)17(3,4)5/h5-8,11,13,24H,4,9-10,12H2,1-3H3,(H4,22,23,25)(H,26,27,29);10-12H,6-9,19H2,1-5H3. The van der Waals surface area contributed by atoms with Crippen molar-refractivity contribution >= 4 is 28.6 Å². The molecule has 4 aromatic rings. The summed E-state index contributed by atoms with van der Waals surface area (Å²) in [5.41, 5.74) is 23.5. The van der Waals surface area contributed by atoms with Crippen LogP contribution in [0, 0.1) is 0 Å². The predicted molar refractivity (Wildman–Crippen MR) is 204 cm³/mol. The molecule has 0 spiro atoms. The van der Waals surface area contributed by atoms with Gasteiger partial charge in [-0.3, -0.25) is 9.56 Å². The summed E-state index contributed by atoms with van der Waals surface area (Å²) in [5.74, 6) is 0.584. The number of unbranched alkanes of at least 4 members (excludes halogenated alkanes) is 1. The van der Waals surface area contributed by atoms with Crippen LogP contribution in [0.5, 0.6) is 0 Å². The third kappa shape index (κ3) is 11.2. The second kappa shape index (κ2) is 17.1. The van der Waals surface area contributed by atoms with Crippen LogP contribution in [0.4, 0.5) is 0 Å². The number of aliphatic imine (C=N–C) groups is 1. The summed E-state index contributed by atoms with van der Waals surface area (Å²) < 4.78 is 1.58. The van der Waals surface area contributed by atoms with Crippen molar-refractivity contribution in [2.45, 2.75) is 104 Å². The van der Waals surface area contributed by atoms with E-state index in [1.165, 1.54) is 16.7 Å². The molecule has 0 aliphatic rings. The van der Waals surface area contributed by atoms with Gasteiger partial charge in [0.05, 0.1) is 5.69 Å². The number of H-pyrrole nitrogens is 1. The van der Waals surface area contributed by atoms with Gasteiger partial charge in [-0.1, -0.05) is 91.3 Å². The molecular weight excluding hydrogens is 620 g/mol. The third-order valence-electron chi connectivity index (χ3n) is 8.18. The van der Waals surface area contributed by atoms with E-state index >= 15 is 0 Å². The van der Waals surface area contributed by atoms with Crippen molar-refractivity contribution in [3.8, 4) is 5.69 Å². The maximum Gasteiger partial charge on any atom is 0.354 e. The fourth-order valence-electron chi connectivity index (χ4n) is 5.30. The Morgan fingerprint density at radius 2 is 1.67 bits per heavy atom. The summed E-state index contributed by atoms with van der Waals surface area (Å²) in [6.07, 6.45) is 6.04. The molecule has 48 heavy (non-hydrogen) atoms. The Morgan fingerprint density at radius 1 is 0.979 bits per heavy atom. The Hall–Kier alpha value is -3.66. The van der Waals surface area contributed by atoms with Gasteiger partial charge in [0.1, 0.15) is 5.65 Å². The summed E-state index contributed by atoms with van der Waals surface area (Å²) in [5, 5.41) is 5.22. The number of guanidine groups is 1. The number of benzene rings is 2. The lowest BCUT2D eigenvalue weighted by atomic mass is 9.83. The molecule has 0 bridgehead atoms. The van der Waals surface area contributed by atoms with Gasteiger partial charge >= 0.3 is 5.69 Å². The van der Waals surface area contributed by atoms with E-state index in [4.69, 9.17) is 28.8 Å². The van der Waals surface area contributed by atoms with Crippen molar-refractivity contribution in [2.24, 2.45) is 22.2 Å². The zero-order valence-electron chi connectivity index (χ0n) is 30.2. The normalized spacial score (nSPS) is 11.9. The average Bonchev–Trinajstić information content (AvgIpc) is 3.43. The monoisotopic (exact) mass is 676 g/mol. The largest absolute Gasteiger partial charge is 0.370 e. The molecule has 4 rings (SSSR count). The summed E-state index contributed by atoms with van der Waals surface area (Å²) in [7, 11) is 0. The lowest BCUT2D eigenvalue weighted by molar-refractivity contribution is 0.574. The molecule has 0 unspecified atom stereocenters. The zero-order valence-corrected chi connectivity index (χ0v) is 31.0. The van der Waals surface area contributed by atoms with Gasteiger partial charge in [0.25, 0.3) is 0 Å². The van der Waals surface area contributed by atoms with Crippen LogP contribution in [0.15, 0.2) is 58.4 Å². The fourth-order valence-corrected chi connectivity index (χ4v) is 5.91. The number of rotatable bonds is 12. The first-order valence-corrected chi connectivity index (χ1v) is 17.4. The van der Waals surface area contributed by atoms with Gasteiger partial charge in [-0.05, 0) is 90.6 Å². The number of aromatic amines is 1. The quantitative estimate of drug-likeness (QED) is 0.0632. The van der Waals surface area contributed by atoms with Crippen molar-refractivity contribution in [2.75, 3.05) is 19.6 Å². The van der Waals surface area contributed by atoms with Crippen LogP contribution >= 0.6 is 11.6 Å². The van der Waals surface area contributed by atoms with E-state index in [1.54, 1.807) is 4.57 Å². The van der Waals surface area contributed by atoms with Gasteiger partial charge < -0.3 is 27.5 Å². The van der Waals surface area contributed by atoms with E-state index in [0.29, 0.717) is 18.1 Å². The van der Waals surface area contributed by atoms with Gasteiger partial charge in [0, 0.05) is 40.8 Å². The van der Waals surface area contributed by atoms with E-state index in [9.17, 15) is 4.79 Å². The number of aromatic nitrogens is 3. The Bertz CT molecular complexity index is 1700. The summed E-state index contributed by atoms with van der Waals surface area (Å²) in [6, 6.07) is 14.5. The van der Waals surface area contributed by atoms with E-state index in [2.05, 4.69) is 93.9 Å². The smallest absolute Gasteiger partial charge is 0.354 e. The molecule has 2 aromatic heterocycles. The highest BCUT2D eigenvalue weighted by molar-refractivity contribution is 6.32. The SMILES string of the molecule is CC(C)(C)c1cc2cn(-c3ccc(CNCCCN=C(N)N)cc3)c(=O)nc2[nH]1.CC(C)c1cc(CCCCN)cc(C(C)(C)C)c1Cl. The van der Waals surface area contributed by atoms with Crippen LogP contribution in [0.2, 0.25) is 5.02 Å². The molecule has 8 N–H and O–H groups in total. The number of nitrogens with zero attached hydrogens (tertiary/aromatic N) is 3. The first-order valence-electron chi connectivity index (χ1n) is 17.0. The molecular formula is C38H57ClN8O. The number of fused-ring (bicyclic) bond motifs is 1. The second-order valence-corrected chi connectivity index (χ2v) is 15.2. The predicted octanol–water partition coefficient (Wildman–Crippen LogP) is 6.81. The molecule has 0 aliphatic carbocycles. The minimum atomic E-state index is -0.301. The fraction of sp³-hybridized carbons (Fsp3) is 0.500. The van der Waals surface area contributed by atoms with Crippen LogP contribution in [0.3, 0.4) is 0 Å². The molecule has 2 heterocycles. The highest BCUT2D eigenvalue weighted by Gasteiger charge is 2.21. The van der Waals surface area contributed by atoms with Gasteiger partial charge in [0.15, 0.2) is 5.96 Å². The van der Waals surface area contributed by atoms with Crippen molar-refractivity contribution < 1.29 is 0 Å². The van der Waals surface area contributed by atoms with Crippen molar-refractivity contribution in [3.05, 3.63) is 92.1 Å². The molecule has 2 aromatic carbocycles. The number of nitrogens with two attached hydrogens (primary N) is 3. The first-order chi connectivity index (χ1) is 22.5. The molecule has 10 heteroatoms. The Morgan fingerprint density at radius 3 is 2.25 bits per heavy atom. The van der Waals surface area contributed by atoms with E-state index in [0.717, 1.165) is 72.7 Å². The van der Waals surface area contributed by atoms with Crippen molar-refractivity contribution in [3.63, 3.8) is 0 Å². The van der Waals surface area contributed by atoms with Crippen molar-refractivity contribution in [1.29, 1.82) is 0 Å². The maximum atomic E-state index is 12.5. The molecule has 0 aliphatic heterocycles. The molecule has 0 saturated carbocycles. The van der Waals surface area contributed by atoms with E-state index < -0.39 is 0 Å². The summed E-state index contributed by atoms with van der Waals surface area (Å²) in [4.78, 5) is 23.9. The highest BCUT2D eigenvalue weighted by atomic mass is 35.5. The summed E-state index contributed by atoms with van der Waals surface area (Å²) in [6.45, 7) is 20.4. The molecule has 0 atom stereocenters. The number of hydrogen-bond acceptors (Lipinski definition) is 5. The molecule has 262 valence electrons. The molecule has 0 fully saturated rings. The lowest BCUT2D eigenvalue weighted by Crippen LogP contribution is -2.23. The van der Waals surface area contributed by atoms with Crippen LogP contribution in [0.1, 0.15) is 109 Å². The Balaban J connectivity index is 0.000000286. The average molecular weight is 677 g/mol. The Kier molecular flexibility index (Phi) is 13.8. The summed E-state index contributed by atoms with van der Waals surface area (Å²) >= 11 is 6.60. The van der Waals surface area contributed by atoms with Gasteiger partial charge in [-0.2, -0.15) is 4.98 Å². The van der Waals surface area contributed by atoms with Crippen LogP contribution < -0.4 is 28.2 Å². The number of nitrogens with one attached hydrogen (secondary N) is 2. The minimum Gasteiger partial charge on any atom is -0.370 e. The lowest BCUT2D eigenvalue weighted by Gasteiger charge is -2.25. The Labute approximate surface area is 291 Å². The topological polar surface area (TPSA) is 153 Å². The first kappa shape index (κ1) is 38.8. The number of aryl methyl sites for hydroxylation is 1. The van der Waals surface area contributed by atoms with Gasteiger partial charge in [-0.25, -0.2) is 4.79 Å². The molecule has 0 radical (unpaired) electrons. The number of halogens is 1. The third-order valence-corrected chi connectivity index (χ3v) is 8.60. The van der Waals surface area contributed by atoms with E-state index in [1.807, 2.05) is 30.5 Å². The maximum absolute atomic E-state index is 12.5. The molecule has 9 nitrogen and oxygen atoms in total.